The maximum Gasteiger partial charge on any atom is 0.300 e. The highest BCUT2D eigenvalue weighted by Crippen LogP contribution is 2.31. The highest BCUT2D eigenvalue weighted by molar-refractivity contribution is 6.43. The molecule has 0 spiro atoms. The molecule has 0 aliphatic carbocycles. The number of rotatable bonds is 2. The molecule has 0 bridgehead atoms. The minimum Gasteiger partial charge on any atom is -0.358 e. The Morgan fingerprint density at radius 3 is 2.20 bits per heavy atom. The number of benzene rings is 1. The Kier molecular flexibility index (Phi) is 3.66. The monoisotopic (exact) mass is 272 g/mol. The van der Waals surface area contributed by atoms with E-state index in [9.17, 15) is 9.59 Å². The Hall–Kier alpha value is -2.10. The minimum absolute atomic E-state index is 0.148. The van der Waals surface area contributed by atoms with Gasteiger partial charge in [-0.15, -0.1) is 0 Å². The number of hydrogen-bond acceptors (Lipinski definition) is 3. The summed E-state index contributed by atoms with van der Waals surface area (Å²) in [6, 6.07) is 8.66. The summed E-state index contributed by atoms with van der Waals surface area (Å²) < 4.78 is 0. The average molecular weight is 272 g/mol. The van der Waals surface area contributed by atoms with Gasteiger partial charge in [0.25, 0.3) is 5.78 Å². The summed E-state index contributed by atoms with van der Waals surface area (Å²) in [5.41, 5.74) is 0.276. The summed E-state index contributed by atoms with van der Waals surface area (Å²) in [5.74, 6) is -0.962. The second-order valence-corrected chi connectivity index (χ2v) is 6.11. The zero-order valence-electron chi connectivity index (χ0n) is 12.3. The van der Waals surface area contributed by atoms with Gasteiger partial charge in [0.15, 0.2) is 0 Å². The fourth-order valence-corrected chi connectivity index (χ4v) is 2.57. The van der Waals surface area contributed by atoms with Gasteiger partial charge in [-0.1, -0.05) is 51.1 Å². The Morgan fingerprint density at radius 2 is 1.65 bits per heavy atom. The van der Waals surface area contributed by atoms with Gasteiger partial charge in [0.2, 0.25) is 0 Å². The number of Topliss-reactive ketones (excluding diaryl/α,β-unsaturated/α-hetero) is 1. The van der Waals surface area contributed by atoms with Crippen molar-refractivity contribution in [2.75, 3.05) is 7.05 Å². The predicted molar refractivity (Wildman–Crippen MR) is 77.8 cm³/mol. The molecule has 1 atom stereocenters. The third kappa shape index (κ3) is 2.59. The lowest BCUT2D eigenvalue weighted by Crippen LogP contribution is -2.50. The van der Waals surface area contributed by atoms with Gasteiger partial charge in [0.1, 0.15) is 6.17 Å². The molecule has 0 saturated heterocycles. The van der Waals surface area contributed by atoms with Crippen LogP contribution in [0.5, 0.6) is 0 Å². The fraction of sp³-hybridized carbons (Fsp3) is 0.375. The van der Waals surface area contributed by atoms with E-state index in [-0.39, 0.29) is 11.6 Å². The first kappa shape index (κ1) is 14.3. The van der Waals surface area contributed by atoms with Crippen LogP contribution in [0.1, 0.15) is 31.1 Å². The summed E-state index contributed by atoms with van der Waals surface area (Å²) in [5, 5.41) is 0. The van der Waals surface area contributed by atoms with E-state index in [1.807, 2.05) is 24.2 Å². The van der Waals surface area contributed by atoms with E-state index in [2.05, 4.69) is 20.8 Å². The lowest BCUT2D eigenvalue weighted by Gasteiger charge is -2.38. The maximum absolute atomic E-state index is 12.4. The highest BCUT2D eigenvalue weighted by atomic mass is 16.2. The summed E-state index contributed by atoms with van der Waals surface area (Å²) in [4.78, 5) is 28.2. The summed E-state index contributed by atoms with van der Waals surface area (Å²) in [7, 11) is 1.91. The van der Waals surface area contributed by atoms with Gasteiger partial charge in [-0.2, -0.15) is 0 Å². The van der Waals surface area contributed by atoms with Crippen LogP contribution in [0.4, 0.5) is 0 Å². The molecular weight excluding hydrogens is 252 g/mol. The standard InChI is InChI=1S/C16H20N2O2/c1-16(2,3)15-17(4)10-11-18(15)14(20)13(19)12-8-6-5-7-9-12/h5-11,15H,1-4H3. The molecule has 106 valence electrons. The number of carbonyl (C=O) groups excluding carboxylic acids is 2. The van der Waals surface area contributed by atoms with E-state index < -0.39 is 11.7 Å². The van der Waals surface area contributed by atoms with Gasteiger partial charge < -0.3 is 4.90 Å². The number of amides is 1. The second kappa shape index (κ2) is 5.12. The van der Waals surface area contributed by atoms with Crippen molar-refractivity contribution in [1.82, 2.24) is 9.80 Å². The van der Waals surface area contributed by atoms with E-state index in [1.54, 1.807) is 30.5 Å². The lowest BCUT2D eigenvalue weighted by molar-refractivity contribution is -0.129. The Labute approximate surface area is 119 Å². The molecule has 0 saturated carbocycles. The molecule has 1 aliphatic rings. The molecule has 0 N–H and O–H groups in total. The van der Waals surface area contributed by atoms with E-state index >= 15 is 0 Å². The molecule has 1 unspecified atom stereocenters. The van der Waals surface area contributed by atoms with Crippen LogP contribution < -0.4 is 0 Å². The predicted octanol–water partition coefficient (Wildman–Crippen LogP) is 2.49. The molecule has 1 aliphatic heterocycles. The van der Waals surface area contributed by atoms with Crippen LogP contribution in [0.3, 0.4) is 0 Å². The van der Waals surface area contributed by atoms with Crippen LogP contribution in [0.2, 0.25) is 0 Å². The average Bonchev–Trinajstić information content (AvgIpc) is 2.80. The first-order valence-corrected chi connectivity index (χ1v) is 6.64. The van der Waals surface area contributed by atoms with Gasteiger partial charge in [-0.05, 0) is 0 Å². The van der Waals surface area contributed by atoms with Crippen molar-refractivity contribution in [2.45, 2.75) is 26.9 Å². The SMILES string of the molecule is CN1C=CN(C(=O)C(=O)c2ccccc2)C1C(C)(C)C. The first-order valence-electron chi connectivity index (χ1n) is 6.64. The first-order chi connectivity index (χ1) is 9.32. The molecule has 4 nitrogen and oxygen atoms in total. The second-order valence-electron chi connectivity index (χ2n) is 6.11. The van der Waals surface area contributed by atoms with Crippen LogP contribution in [-0.4, -0.2) is 34.7 Å². The molecular formula is C16H20N2O2. The van der Waals surface area contributed by atoms with Crippen LogP contribution >= 0.6 is 0 Å². The van der Waals surface area contributed by atoms with Gasteiger partial charge in [0, 0.05) is 30.4 Å². The van der Waals surface area contributed by atoms with Crippen molar-refractivity contribution in [1.29, 1.82) is 0 Å². The van der Waals surface area contributed by atoms with Crippen LogP contribution in [-0.2, 0) is 4.79 Å². The van der Waals surface area contributed by atoms with Crippen LogP contribution in [0, 0.1) is 5.41 Å². The maximum atomic E-state index is 12.4. The number of ketones is 1. The quantitative estimate of drug-likeness (QED) is 0.613. The molecule has 1 heterocycles. The molecule has 0 fully saturated rings. The smallest absolute Gasteiger partial charge is 0.300 e. The van der Waals surface area contributed by atoms with Gasteiger partial charge in [-0.3, -0.25) is 14.5 Å². The van der Waals surface area contributed by atoms with Gasteiger partial charge in [0.05, 0.1) is 0 Å². The fourth-order valence-electron chi connectivity index (χ4n) is 2.57. The van der Waals surface area contributed by atoms with E-state index in [0.717, 1.165) is 0 Å². The van der Waals surface area contributed by atoms with Crippen molar-refractivity contribution < 1.29 is 9.59 Å². The molecule has 1 amide bonds. The molecule has 1 aromatic rings. The minimum atomic E-state index is -0.489. The molecule has 0 aromatic heterocycles. The third-order valence-electron chi connectivity index (χ3n) is 3.35. The Bertz CT molecular complexity index is 543. The van der Waals surface area contributed by atoms with Crippen molar-refractivity contribution in [3.63, 3.8) is 0 Å². The van der Waals surface area contributed by atoms with Crippen molar-refractivity contribution in [2.24, 2.45) is 5.41 Å². The third-order valence-corrected chi connectivity index (χ3v) is 3.35. The topological polar surface area (TPSA) is 40.6 Å². The summed E-state index contributed by atoms with van der Waals surface area (Å²) >= 11 is 0. The van der Waals surface area contributed by atoms with Crippen molar-refractivity contribution in [3.8, 4) is 0 Å². The van der Waals surface area contributed by atoms with Crippen LogP contribution in [0.25, 0.3) is 0 Å². The van der Waals surface area contributed by atoms with E-state index in [0.29, 0.717) is 5.56 Å². The van der Waals surface area contributed by atoms with E-state index in [4.69, 9.17) is 0 Å². The Morgan fingerprint density at radius 1 is 1.05 bits per heavy atom. The molecule has 20 heavy (non-hydrogen) atoms. The molecule has 2 rings (SSSR count). The highest BCUT2D eigenvalue weighted by Gasteiger charge is 2.39. The molecule has 4 heteroatoms. The lowest BCUT2D eigenvalue weighted by atomic mass is 9.90. The van der Waals surface area contributed by atoms with Gasteiger partial charge in [-0.25, -0.2) is 0 Å². The summed E-state index contributed by atoms with van der Waals surface area (Å²) in [6.45, 7) is 6.15. The zero-order chi connectivity index (χ0) is 14.9. The zero-order valence-corrected chi connectivity index (χ0v) is 12.3. The number of hydrogen-bond donors (Lipinski definition) is 0. The van der Waals surface area contributed by atoms with Crippen molar-refractivity contribution >= 4 is 11.7 Å². The molecule has 1 aromatic carbocycles. The summed E-state index contributed by atoms with van der Waals surface area (Å²) in [6.07, 6.45) is 3.35. The number of nitrogens with zero attached hydrogens (tertiary/aromatic N) is 2. The van der Waals surface area contributed by atoms with Gasteiger partial charge >= 0.3 is 5.91 Å². The molecule has 0 radical (unpaired) electrons. The van der Waals surface area contributed by atoms with Crippen LogP contribution in [0.15, 0.2) is 42.7 Å². The van der Waals surface area contributed by atoms with Crippen molar-refractivity contribution in [3.05, 3.63) is 48.3 Å². The van der Waals surface area contributed by atoms with E-state index in [1.165, 1.54) is 4.90 Å². The Balaban J connectivity index is 2.25. The largest absolute Gasteiger partial charge is 0.358 e. The number of carbonyl (C=O) groups is 2. The normalized spacial score (nSPS) is 18.5.